The smallest absolute Gasteiger partial charge is 0.188 e. The molecule has 3 N–H and O–H groups in total. The van der Waals surface area contributed by atoms with Crippen molar-refractivity contribution in [3.8, 4) is 0 Å². The van der Waals surface area contributed by atoms with Crippen LogP contribution < -0.4 is 11.1 Å². The highest BCUT2D eigenvalue weighted by Crippen LogP contribution is 2.22. The van der Waals surface area contributed by atoms with Crippen molar-refractivity contribution < 1.29 is 0 Å². The number of nitrogens with one attached hydrogen (secondary N) is 1. The highest BCUT2D eigenvalue weighted by molar-refractivity contribution is 8.93. The summed E-state index contributed by atoms with van der Waals surface area (Å²) in [5, 5.41) is 3.18. The molecule has 0 spiro atoms. The van der Waals surface area contributed by atoms with Gasteiger partial charge in [-0.05, 0) is 18.9 Å². The molecule has 3 nitrogen and oxygen atoms in total. The number of nitrogens with zero attached hydrogens (tertiary/aromatic N) is 1. The fraction of sp³-hybridized carbons (Fsp3) is 0.533. The van der Waals surface area contributed by atoms with E-state index in [-0.39, 0.29) is 22.4 Å². The van der Waals surface area contributed by atoms with E-state index in [2.05, 4.69) is 62.3 Å². The number of hydrogen-bond donors (Lipinski definition) is 2. The Labute approximate surface area is 127 Å². The minimum absolute atomic E-state index is 0. The fourth-order valence-electron chi connectivity index (χ4n) is 1.66. The summed E-state index contributed by atoms with van der Waals surface area (Å²) in [7, 11) is 0. The number of nitrogens with two attached hydrogens (primary N) is 1. The molecule has 0 saturated heterocycles. The zero-order chi connectivity index (χ0) is 13.6. The molecule has 0 aliphatic rings. The Hall–Kier alpha value is -1.03. The molecule has 0 aliphatic heterocycles. The van der Waals surface area contributed by atoms with Gasteiger partial charge in [-0.2, -0.15) is 0 Å². The van der Waals surface area contributed by atoms with Gasteiger partial charge < -0.3 is 11.1 Å². The molecule has 0 radical (unpaired) electrons. The van der Waals surface area contributed by atoms with E-state index in [4.69, 9.17) is 5.73 Å². The van der Waals surface area contributed by atoms with Crippen LogP contribution in [0.3, 0.4) is 0 Å². The maximum Gasteiger partial charge on any atom is 0.188 e. The van der Waals surface area contributed by atoms with Crippen LogP contribution in [0, 0.1) is 0 Å². The largest absolute Gasteiger partial charge is 0.370 e. The van der Waals surface area contributed by atoms with Crippen LogP contribution in [0.1, 0.15) is 39.7 Å². The van der Waals surface area contributed by atoms with Crippen LogP contribution in [0.4, 0.5) is 0 Å². The van der Waals surface area contributed by atoms with E-state index >= 15 is 0 Å². The monoisotopic (exact) mass is 327 g/mol. The fourth-order valence-corrected chi connectivity index (χ4v) is 1.66. The predicted octanol–water partition coefficient (Wildman–Crippen LogP) is 3.24. The lowest BCUT2D eigenvalue weighted by atomic mass is 9.85. The van der Waals surface area contributed by atoms with E-state index in [0.29, 0.717) is 18.5 Å². The Morgan fingerprint density at radius 3 is 2.42 bits per heavy atom. The topological polar surface area (TPSA) is 50.4 Å². The van der Waals surface area contributed by atoms with Crippen LogP contribution in [-0.2, 0) is 5.41 Å². The lowest BCUT2D eigenvalue weighted by Gasteiger charge is -2.23. The molecule has 0 fully saturated rings. The normalized spacial score (nSPS) is 13.6. The van der Waals surface area contributed by atoms with Crippen molar-refractivity contribution in [1.29, 1.82) is 0 Å². The van der Waals surface area contributed by atoms with Crippen LogP contribution in [0.25, 0.3) is 0 Å². The predicted molar refractivity (Wildman–Crippen MR) is 89.2 cm³/mol. The van der Waals surface area contributed by atoms with Crippen molar-refractivity contribution in [3.63, 3.8) is 0 Å². The molecule has 0 heterocycles. The van der Waals surface area contributed by atoms with Crippen molar-refractivity contribution in [2.75, 3.05) is 6.54 Å². The summed E-state index contributed by atoms with van der Waals surface area (Å²) in [6.07, 6.45) is 1.04. The van der Waals surface area contributed by atoms with Crippen LogP contribution in [0.5, 0.6) is 0 Å². The van der Waals surface area contributed by atoms with E-state index in [0.717, 1.165) is 6.42 Å². The summed E-state index contributed by atoms with van der Waals surface area (Å²) in [4.78, 5) is 4.44. The highest BCUT2D eigenvalue weighted by Gasteiger charge is 2.19. The van der Waals surface area contributed by atoms with Crippen LogP contribution in [0.15, 0.2) is 35.3 Å². The maximum absolute atomic E-state index is 5.87. The summed E-state index contributed by atoms with van der Waals surface area (Å²) in [5.41, 5.74) is 7.16. The molecule has 108 valence electrons. The quantitative estimate of drug-likeness (QED) is 0.644. The van der Waals surface area contributed by atoms with Crippen molar-refractivity contribution in [2.24, 2.45) is 10.7 Å². The number of aliphatic imine (C=N–C) groups is 1. The van der Waals surface area contributed by atoms with Crippen molar-refractivity contribution in [2.45, 2.75) is 45.6 Å². The number of benzene rings is 1. The lowest BCUT2D eigenvalue weighted by Crippen LogP contribution is -2.39. The standard InChI is InChI=1S/C15H25N3.BrH/c1-5-12(2)18-14(16)17-11-15(3,4)13-9-7-6-8-10-13;/h6-10,12H,5,11H2,1-4H3,(H3,16,17,18);1H. The molecular formula is C15H26BrN3. The first kappa shape index (κ1) is 18.0. The molecule has 0 amide bonds. The summed E-state index contributed by atoms with van der Waals surface area (Å²) in [6, 6.07) is 10.8. The van der Waals surface area contributed by atoms with Gasteiger partial charge in [0.15, 0.2) is 5.96 Å². The van der Waals surface area contributed by atoms with E-state index in [1.165, 1.54) is 5.56 Å². The van der Waals surface area contributed by atoms with Crippen LogP contribution in [0.2, 0.25) is 0 Å². The van der Waals surface area contributed by atoms with Crippen molar-refractivity contribution in [3.05, 3.63) is 35.9 Å². The van der Waals surface area contributed by atoms with Crippen LogP contribution in [-0.4, -0.2) is 18.5 Å². The molecule has 1 rings (SSSR count). The molecule has 1 unspecified atom stereocenters. The van der Waals surface area contributed by atoms with E-state index in [1.54, 1.807) is 0 Å². The third-order valence-corrected chi connectivity index (χ3v) is 3.21. The Balaban J connectivity index is 0.00000324. The Kier molecular flexibility index (Phi) is 7.76. The highest BCUT2D eigenvalue weighted by atomic mass is 79.9. The average molecular weight is 328 g/mol. The molecule has 1 atom stereocenters. The van der Waals surface area contributed by atoms with Gasteiger partial charge in [-0.1, -0.05) is 51.1 Å². The van der Waals surface area contributed by atoms with Gasteiger partial charge in [0.1, 0.15) is 0 Å². The summed E-state index contributed by atoms with van der Waals surface area (Å²) in [6.45, 7) is 9.28. The Bertz CT molecular complexity index is 388. The zero-order valence-corrected chi connectivity index (χ0v) is 14.0. The Morgan fingerprint density at radius 2 is 1.89 bits per heavy atom. The second-order valence-corrected chi connectivity index (χ2v) is 5.41. The lowest BCUT2D eigenvalue weighted by molar-refractivity contribution is 0.536. The molecule has 0 saturated carbocycles. The van der Waals surface area contributed by atoms with Gasteiger partial charge in [-0.3, -0.25) is 4.99 Å². The van der Waals surface area contributed by atoms with Gasteiger partial charge in [-0.15, -0.1) is 17.0 Å². The molecule has 0 aliphatic carbocycles. The first-order valence-corrected chi connectivity index (χ1v) is 6.57. The molecule has 0 bridgehead atoms. The number of halogens is 1. The first-order valence-electron chi connectivity index (χ1n) is 6.57. The first-order chi connectivity index (χ1) is 8.45. The van der Waals surface area contributed by atoms with Crippen LogP contribution >= 0.6 is 17.0 Å². The molecule has 0 aromatic heterocycles. The van der Waals surface area contributed by atoms with Gasteiger partial charge in [0.2, 0.25) is 0 Å². The van der Waals surface area contributed by atoms with Crippen molar-refractivity contribution >= 4 is 22.9 Å². The van der Waals surface area contributed by atoms with E-state index < -0.39 is 0 Å². The molecular weight excluding hydrogens is 302 g/mol. The van der Waals surface area contributed by atoms with E-state index in [1.807, 2.05) is 6.07 Å². The summed E-state index contributed by atoms with van der Waals surface area (Å²) < 4.78 is 0. The molecule has 4 heteroatoms. The minimum Gasteiger partial charge on any atom is -0.370 e. The number of hydrogen-bond acceptors (Lipinski definition) is 1. The van der Waals surface area contributed by atoms with Gasteiger partial charge in [0, 0.05) is 11.5 Å². The molecule has 1 aromatic rings. The maximum atomic E-state index is 5.87. The van der Waals surface area contributed by atoms with Crippen molar-refractivity contribution in [1.82, 2.24) is 5.32 Å². The van der Waals surface area contributed by atoms with Gasteiger partial charge >= 0.3 is 0 Å². The zero-order valence-electron chi connectivity index (χ0n) is 12.3. The summed E-state index contributed by atoms with van der Waals surface area (Å²) in [5.74, 6) is 0.536. The third kappa shape index (κ3) is 6.10. The average Bonchev–Trinajstić information content (AvgIpc) is 2.37. The van der Waals surface area contributed by atoms with Gasteiger partial charge in [-0.25, -0.2) is 0 Å². The molecule has 19 heavy (non-hydrogen) atoms. The number of guanidine groups is 1. The number of rotatable bonds is 5. The second kappa shape index (κ2) is 8.20. The van der Waals surface area contributed by atoms with Gasteiger partial charge in [0.25, 0.3) is 0 Å². The third-order valence-electron chi connectivity index (χ3n) is 3.21. The van der Waals surface area contributed by atoms with E-state index in [9.17, 15) is 0 Å². The Morgan fingerprint density at radius 1 is 1.32 bits per heavy atom. The SMILES string of the molecule is Br.CCC(C)NC(N)=NCC(C)(C)c1ccccc1. The van der Waals surface area contributed by atoms with Gasteiger partial charge in [0.05, 0.1) is 6.54 Å². The minimum atomic E-state index is 0. The molecule has 1 aromatic carbocycles. The summed E-state index contributed by atoms with van der Waals surface area (Å²) >= 11 is 0. The second-order valence-electron chi connectivity index (χ2n) is 5.41.